The molecule has 4 heteroatoms. The lowest BCUT2D eigenvalue weighted by atomic mass is 9.90. The molecule has 0 aliphatic rings. The molecule has 0 atom stereocenters. The van der Waals surface area contributed by atoms with Crippen LogP contribution in [0, 0.1) is 0 Å². The summed E-state index contributed by atoms with van der Waals surface area (Å²) in [5, 5.41) is 9.59. The summed E-state index contributed by atoms with van der Waals surface area (Å²) in [5.74, 6) is 0. The second-order valence-electron chi connectivity index (χ2n) is 16.9. The number of furan rings is 1. The second kappa shape index (κ2) is 13.4. The normalized spacial score (nSPS) is 12.1. The fraction of sp³-hybridized carbons (Fsp3) is 0. The molecule has 4 heterocycles. The van der Waals surface area contributed by atoms with Gasteiger partial charge in [-0.25, -0.2) is 0 Å². The van der Waals surface area contributed by atoms with Gasteiger partial charge >= 0.3 is 0 Å². The monoisotopic (exact) mass is 815 g/mol. The first-order valence-corrected chi connectivity index (χ1v) is 21.9. The van der Waals surface area contributed by atoms with E-state index in [2.05, 4.69) is 226 Å². The van der Waals surface area contributed by atoms with Gasteiger partial charge in [-0.2, -0.15) is 0 Å². The van der Waals surface area contributed by atoms with Gasteiger partial charge in [0.1, 0.15) is 11.2 Å². The van der Waals surface area contributed by atoms with E-state index >= 15 is 0 Å². The summed E-state index contributed by atoms with van der Waals surface area (Å²) in [4.78, 5) is 0. The molecule has 0 saturated carbocycles. The van der Waals surface area contributed by atoms with E-state index in [0.29, 0.717) is 0 Å². The molecular weight excluding hydrogens is 779 g/mol. The van der Waals surface area contributed by atoms with Crippen LogP contribution >= 0.6 is 0 Å². The molecule has 0 amide bonds. The molecule has 0 radical (unpaired) electrons. The Bertz CT molecular complexity index is 4180. The van der Waals surface area contributed by atoms with E-state index < -0.39 is 0 Å². The summed E-state index contributed by atoms with van der Waals surface area (Å²) in [6, 6.07) is 81.7. The van der Waals surface area contributed by atoms with Crippen LogP contribution in [-0.2, 0) is 0 Å². The van der Waals surface area contributed by atoms with E-state index in [1.165, 1.54) is 76.6 Å². The van der Waals surface area contributed by atoms with Crippen molar-refractivity contribution in [3.63, 3.8) is 0 Å². The van der Waals surface area contributed by atoms with Gasteiger partial charge in [0.05, 0.1) is 33.1 Å². The van der Waals surface area contributed by atoms with Crippen LogP contribution in [0.4, 0.5) is 0 Å². The molecule has 0 aliphatic heterocycles. The van der Waals surface area contributed by atoms with Crippen molar-refractivity contribution in [1.29, 1.82) is 0 Å². The van der Waals surface area contributed by atoms with Gasteiger partial charge in [0, 0.05) is 60.2 Å². The zero-order valence-corrected chi connectivity index (χ0v) is 34.6. The van der Waals surface area contributed by atoms with E-state index in [1.54, 1.807) is 0 Å². The van der Waals surface area contributed by atoms with Crippen LogP contribution in [0.2, 0.25) is 0 Å². The number of rotatable bonds is 5. The molecule has 298 valence electrons. The maximum Gasteiger partial charge on any atom is 0.135 e. The van der Waals surface area contributed by atoms with Gasteiger partial charge in [0.25, 0.3) is 0 Å². The highest BCUT2D eigenvalue weighted by atomic mass is 16.3. The number of nitrogens with zero attached hydrogens (tertiary/aromatic N) is 3. The third-order valence-electron chi connectivity index (χ3n) is 13.4. The van der Waals surface area contributed by atoms with Gasteiger partial charge in [-0.15, -0.1) is 0 Å². The molecule has 10 aromatic carbocycles. The average molecular weight is 816 g/mol. The summed E-state index contributed by atoms with van der Waals surface area (Å²) in [7, 11) is 0. The van der Waals surface area contributed by atoms with Gasteiger partial charge in [0.15, 0.2) is 0 Å². The van der Waals surface area contributed by atoms with Crippen molar-refractivity contribution >= 4 is 87.4 Å². The molecule has 4 aromatic heterocycles. The van der Waals surface area contributed by atoms with Gasteiger partial charge in [0.2, 0.25) is 0 Å². The van der Waals surface area contributed by atoms with E-state index in [9.17, 15) is 0 Å². The van der Waals surface area contributed by atoms with Gasteiger partial charge < -0.3 is 18.1 Å². The highest BCUT2D eigenvalue weighted by Crippen LogP contribution is 2.46. The van der Waals surface area contributed by atoms with E-state index in [1.807, 2.05) is 12.1 Å². The Morgan fingerprint density at radius 2 is 0.781 bits per heavy atom. The Labute approximate surface area is 367 Å². The van der Waals surface area contributed by atoms with Gasteiger partial charge in [-0.05, 0) is 107 Å². The topological polar surface area (TPSA) is 27.9 Å². The minimum absolute atomic E-state index is 0.891. The quantitative estimate of drug-likeness (QED) is 0.170. The van der Waals surface area contributed by atoms with Crippen LogP contribution in [0.25, 0.3) is 127 Å². The van der Waals surface area contributed by atoms with E-state index in [4.69, 9.17) is 4.42 Å². The Balaban J connectivity index is 1.05. The van der Waals surface area contributed by atoms with E-state index in [-0.39, 0.29) is 0 Å². The van der Waals surface area contributed by atoms with Crippen molar-refractivity contribution in [1.82, 2.24) is 13.7 Å². The Morgan fingerprint density at radius 1 is 0.266 bits per heavy atom. The SMILES string of the molecule is c1ccc(-c2ccc3c(c2-c2ccc4c5ccccc5n(-c5ccc6c(c5)c5ccccc5n6-c5ccccc5)c4c2)c2ccccc2n3-c2ccc3oc4ccccc4c3c2)cc1. The molecule has 0 bridgehead atoms. The average Bonchev–Trinajstić information content (AvgIpc) is 4.10. The van der Waals surface area contributed by atoms with Crippen LogP contribution < -0.4 is 0 Å². The van der Waals surface area contributed by atoms with Crippen molar-refractivity contribution in [2.24, 2.45) is 0 Å². The number of hydrogen-bond donors (Lipinski definition) is 0. The fourth-order valence-corrected chi connectivity index (χ4v) is 10.7. The first-order chi connectivity index (χ1) is 31.8. The van der Waals surface area contributed by atoms with Crippen LogP contribution in [0.15, 0.2) is 229 Å². The molecule has 0 aliphatic carbocycles. The Morgan fingerprint density at radius 3 is 1.55 bits per heavy atom. The van der Waals surface area contributed by atoms with Crippen molar-refractivity contribution in [3.8, 4) is 39.3 Å². The molecule has 14 aromatic rings. The molecule has 0 N–H and O–H groups in total. The van der Waals surface area contributed by atoms with Crippen LogP contribution in [-0.4, -0.2) is 13.7 Å². The van der Waals surface area contributed by atoms with Crippen LogP contribution in [0.3, 0.4) is 0 Å². The number of fused-ring (bicyclic) bond motifs is 12. The molecule has 64 heavy (non-hydrogen) atoms. The number of para-hydroxylation sites is 5. The summed E-state index contributed by atoms with van der Waals surface area (Å²) in [6.07, 6.45) is 0. The minimum Gasteiger partial charge on any atom is -0.456 e. The lowest BCUT2D eigenvalue weighted by Gasteiger charge is -2.15. The zero-order valence-electron chi connectivity index (χ0n) is 34.6. The largest absolute Gasteiger partial charge is 0.456 e. The Hall–Kier alpha value is -8.60. The Kier molecular flexibility index (Phi) is 7.36. The number of benzene rings is 10. The maximum absolute atomic E-state index is 6.29. The maximum atomic E-state index is 6.29. The first kappa shape index (κ1) is 35.0. The molecule has 14 rings (SSSR count). The minimum atomic E-state index is 0.891. The van der Waals surface area contributed by atoms with Crippen LogP contribution in [0.1, 0.15) is 0 Å². The summed E-state index contributed by atoms with van der Waals surface area (Å²) in [6.45, 7) is 0. The van der Waals surface area contributed by atoms with Crippen molar-refractivity contribution in [2.45, 2.75) is 0 Å². The van der Waals surface area contributed by atoms with Gasteiger partial charge in [-0.3, -0.25) is 0 Å². The molecule has 4 nitrogen and oxygen atoms in total. The predicted octanol–water partition coefficient (Wildman–Crippen LogP) is 16.2. The second-order valence-corrected chi connectivity index (χ2v) is 16.9. The number of hydrogen-bond acceptors (Lipinski definition) is 1. The van der Waals surface area contributed by atoms with Crippen LogP contribution in [0.5, 0.6) is 0 Å². The zero-order chi connectivity index (χ0) is 41.9. The molecule has 0 spiro atoms. The summed E-state index contributed by atoms with van der Waals surface area (Å²) in [5.41, 5.74) is 17.0. The smallest absolute Gasteiger partial charge is 0.135 e. The third-order valence-corrected chi connectivity index (χ3v) is 13.4. The first-order valence-electron chi connectivity index (χ1n) is 21.9. The lowest BCUT2D eigenvalue weighted by molar-refractivity contribution is 0.669. The molecular formula is C60H37N3O. The standard InChI is InChI=1S/C60H37N3O/c1-3-15-38(16-4-1)43-31-33-55-60(48-22-9-13-25-53(48)62(55)42-29-34-58-50(37-42)47-21-10-14-26-57(47)64-58)59(43)39-27-30-46-44-19-7-11-23-51(44)63(56(46)35-39)41-28-32-54-49(36-41)45-20-8-12-24-52(45)61(54)40-17-5-2-6-18-40/h1-37H. The third kappa shape index (κ3) is 4.99. The molecule has 0 fully saturated rings. The van der Waals surface area contributed by atoms with Crippen molar-refractivity contribution in [2.75, 3.05) is 0 Å². The highest BCUT2D eigenvalue weighted by molar-refractivity contribution is 6.20. The summed E-state index contributed by atoms with van der Waals surface area (Å²) >= 11 is 0. The number of aromatic nitrogens is 3. The van der Waals surface area contributed by atoms with E-state index in [0.717, 1.165) is 50.0 Å². The van der Waals surface area contributed by atoms with Crippen molar-refractivity contribution < 1.29 is 4.42 Å². The summed E-state index contributed by atoms with van der Waals surface area (Å²) < 4.78 is 13.6. The highest BCUT2D eigenvalue weighted by Gasteiger charge is 2.23. The lowest BCUT2D eigenvalue weighted by Crippen LogP contribution is -1.96. The predicted molar refractivity (Wildman–Crippen MR) is 268 cm³/mol. The molecule has 0 unspecified atom stereocenters. The molecule has 0 saturated heterocycles. The van der Waals surface area contributed by atoms with Gasteiger partial charge in [-0.1, -0.05) is 140 Å². The van der Waals surface area contributed by atoms with Crippen molar-refractivity contribution in [3.05, 3.63) is 224 Å². The fourth-order valence-electron chi connectivity index (χ4n) is 10.7.